The van der Waals surface area contributed by atoms with Crippen LogP contribution in [0.3, 0.4) is 0 Å². The molecule has 1 aliphatic rings. The Hall–Kier alpha value is -6.52. The summed E-state index contributed by atoms with van der Waals surface area (Å²) in [5.74, 6) is 2.08. The first kappa shape index (κ1) is 39.7. The second kappa shape index (κ2) is 18.6. The van der Waals surface area contributed by atoms with E-state index in [-0.39, 0.29) is 6.04 Å². The van der Waals surface area contributed by atoms with Gasteiger partial charge in [-0.15, -0.1) is 0 Å². The summed E-state index contributed by atoms with van der Waals surface area (Å²) in [4.78, 5) is 20.6. The average Bonchev–Trinajstić information content (AvgIpc) is 3.28. The Morgan fingerprint density at radius 1 is 0.707 bits per heavy atom. The number of allylic oxidation sites excluding steroid dienone is 10. The molecule has 6 aromatic rings. The van der Waals surface area contributed by atoms with Gasteiger partial charge in [-0.3, -0.25) is 4.99 Å². The van der Waals surface area contributed by atoms with Crippen molar-refractivity contribution in [1.82, 2.24) is 15.0 Å². The van der Waals surface area contributed by atoms with Crippen LogP contribution in [0.25, 0.3) is 55.9 Å². The minimum Gasteiger partial charge on any atom is -0.285 e. The molecular formula is C54H52N4. The molecule has 5 aromatic carbocycles. The number of aryl methyl sites for hydroxylation is 2. The molecule has 4 heteroatoms. The summed E-state index contributed by atoms with van der Waals surface area (Å²) in [6.45, 7) is 12.9. The fourth-order valence-corrected chi connectivity index (χ4v) is 7.38. The van der Waals surface area contributed by atoms with Crippen LogP contribution in [-0.2, 0) is 0 Å². The van der Waals surface area contributed by atoms with Crippen LogP contribution >= 0.6 is 0 Å². The minimum atomic E-state index is 0.00817. The second-order valence-corrected chi connectivity index (χ2v) is 14.9. The van der Waals surface area contributed by atoms with Crippen LogP contribution in [0.1, 0.15) is 92.5 Å². The largest absolute Gasteiger partial charge is 0.285 e. The van der Waals surface area contributed by atoms with Crippen molar-refractivity contribution in [3.63, 3.8) is 0 Å². The van der Waals surface area contributed by atoms with Crippen molar-refractivity contribution in [2.45, 2.75) is 66.8 Å². The van der Waals surface area contributed by atoms with E-state index < -0.39 is 0 Å². The summed E-state index contributed by atoms with van der Waals surface area (Å²) in [6.07, 6.45) is 17.9. The molecule has 0 saturated carbocycles. The van der Waals surface area contributed by atoms with Crippen LogP contribution in [0, 0.1) is 13.8 Å². The zero-order valence-corrected chi connectivity index (χ0v) is 34.6. The van der Waals surface area contributed by atoms with Gasteiger partial charge < -0.3 is 0 Å². The molecule has 58 heavy (non-hydrogen) atoms. The topological polar surface area (TPSA) is 51.0 Å². The summed E-state index contributed by atoms with van der Waals surface area (Å²) in [7, 11) is 0. The van der Waals surface area contributed by atoms with Crippen molar-refractivity contribution in [2.24, 2.45) is 4.99 Å². The van der Waals surface area contributed by atoms with Gasteiger partial charge in [0.2, 0.25) is 0 Å². The Kier molecular flexibility index (Phi) is 12.7. The van der Waals surface area contributed by atoms with Gasteiger partial charge in [-0.05, 0) is 127 Å². The van der Waals surface area contributed by atoms with Crippen LogP contribution in [0.4, 0.5) is 0 Å². The maximum absolute atomic E-state index is 5.25. The average molecular weight is 757 g/mol. The van der Waals surface area contributed by atoms with Gasteiger partial charge in [-0.1, -0.05) is 159 Å². The Morgan fingerprint density at radius 2 is 1.43 bits per heavy atom. The number of nitrogens with zero attached hydrogens (tertiary/aromatic N) is 4. The molecule has 0 amide bonds. The van der Waals surface area contributed by atoms with Crippen molar-refractivity contribution in [3.8, 4) is 33.6 Å². The normalized spacial score (nSPS) is 14.2. The van der Waals surface area contributed by atoms with Crippen LogP contribution < -0.4 is 0 Å². The molecule has 1 heterocycles. The van der Waals surface area contributed by atoms with Crippen molar-refractivity contribution in [2.75, 3.05) is 0 Å². The predicted molar refractivity (Wildman–Crippen MR) is 247 cm³/mol. The minimum absolute atomic E-state index is 0.00817. The van der Waals surface area contributed by atoms with E-state index >= 15 is 0 Å². The number of aliphatic imine (C=N–C) groups is 1. The lowest BCUT2D eigenvalue weighted by Crippen LogP contribution is -2.06. The number of rotatable bonds is 12. The maximum Gasteiger partial charge on any atom is 0.164 e. The van der Waals surface area contributed by atoms with E-state index in [0.29, 0.717) is 17.5 Å². The van der Waals surface area contributed by atoms with E-state index in [1.165, 1.54) is 33.4 Å². The molecule has 0 bridgehead atoms. The highest BCUT2D eigenvalue weighted by atomic mass is 15.0. The number of hydrogen-bond acceptors (Lipinski definition) is 4. The molecule has 7 rings (SSSR count). The van der Waals surface area contributed by atoms with Crippen molar-refractivity contribution in [3.05, 3.63) is 197 Å². The third-order valence-corrected chi connectivity index (χ3v) is 10.9. The van der Waals surface area contributed by atoms with Gasteiger partial charge in [0.05, 0.1) is 6.04 Å². The first-order valence-corrected chi connectivity index (χ1v) is 20.5. The van der Waals surface area contributed by atoms with Gasteiger partial charge in [0.1, 0.15) is 0 Å². The van der Waals surface area contributed by atoms with Gasteiger partial charge in [0.15, 0.2) is 17.5 Å². The highest BCUT2D eigenvalue weighted by Crippen LogP contribution is 2.38. The summed E-state index contributed by atoms with van der Waals surface area (Å²) in [5.41, 5.74) is 15.9. The van der Waals surface area contributed by atoms with Gasteiger partial charge in [0.25, 0.3) is 0 Å². The Morgan fingerprint density at radius 3 is 2.14 bits per heavy atom. The molecule has 4 nitrogen and oxygen atoms in total. The van der Waals surface area contributed by atoms with Gasteiger partial charge >= 0.3 is 0 Å². The van der Waals surface area contributed by atoms with E-state index in [4.69, 9.17) is 19.9 Å². The fourth-order valence-electron chi connectivity index (χ4n) is 7.38. The number of benzene rings is 5. The third-order valence-electron chi connectivity index (χ3n) is 10.9. The van der Waals surface area contributed by atoms with E-state index in [9.17, 15) is 0 Å². The Labute approximate surface area is 344 Å². The van der Waals surface area contributed by atoms with Crippen LogP contribution in [0.15, 0.2) is 163 Å². The van der Waals surface area contributed by atoms with Gasteiger partial charge in [-0.25, -0.2) is 15.0 Å². The zero-order valence-electron chi connectivity index (χ0n) is 34.6. The first-order chi connectivity index (χ1) is 28.3. The lowest BCUT2D eigenvalue weighted by molar-refractivity contribution is 0.826. The standard InChI is InChI=1S/C54H52N4/c1-7-41(29-27-37(3)43-20-12-9-13-21-43)52-56-53(47-24-16-11-17-25-47)58-54(57-52)49-26-18-19-39(5)51(49)50-35-48(30-28-38(50)4)42(8-2)36-55-40(6)44-31-33-46(34-32-44)45-22-14-10-15-23-45/h8-10,12-16,18-36,40H,7,11,17H2,1-6H3/b37-27+,41-29+,42-8+,55-36?. The van der Waals surface area contributed by atoms with E-state index in [2.05, 4.69) is 187 Å². The Bertz CT molecular complexity index is 2570. The molecule has 0 saturated heterocycles. The molecule has 1 unspecified atom stereocenters. The monoisotopic (exact) mass is 756 g/mol. The first-order valence-electron chi connectivity index (χ1n) is 20.5. The van der Waals surface area contributed by atoms with Crippen molar-refractivity contribution < 1.29 is 0 Å². The molecule has 0 fully saturated rings. The molecule has 0 spiro atoms. The summed E-state index contributed by atoms with van der Waals surface area (Å²) in [5, 5.41) is 0. The van der Waals surface area contributed by atoms with Crippen LogP contribution in [0.2, 0.25) is 0 Å². The molecule has 0 aliphatic heterocycles. The van der Waals surface area contributed by atoms with E-state index in [1.807, 2.05) is 18.3 Å². The fraction of sp³-hybridized carbons (Fsp3) is 0.185. The SMILES string of the molecule is C/C=C(\C=NC(C)c1ccc(-c2ccccc2)cc1)c1ccc(C)c(-c2c(C)cccc2-c2nc(C3=CCCC=C3)nc(/C(=C/C=C(\C)c3ccccc3)CC)n2)c1. The maximum atomic E-state index is 5.25. The number of hydrogen-bond donors (Lipinski definition) is 0. The van der Waals surface area contributed by atoms with E-state index in [1.54, 1.807) is 0 Å². The van der Waals surface area contributed by atoms with Crippen molar-refractivity contribution >= 4 is 28.5 Å². The lowest BCUT2D eigenvalue weighted by atomic mass is 9.89. The summed E-state index contributed by atoms with van der Waals surface area (Å²) < 4.78 is 0. The summed E-state index contributed by atoms with van der Waals surface area (Å²) in [6, 6.07) is 42.9. The van der Waals surface area contributed by atoms with E-state index in [0.717, 1.165) is 63.8 Å². The molecule has 1 atom stereocenters. The number of aromatic nitrogens is 3. The molecule has 1 aromatic heterocycles. The molecule has 0 radical (unpaired) electrons. The zero-order chi connectivity index (χ0) is 40.4. The quantitative estimate of drug-likeness (QED) is 0.0923. The smallest absolute Gasteiger partial charge is 0.164 e. The molecule has 0 N–H and O–H groups in total. The Balaban J connectivity index is 1.25. The van der Waals surface area contributed by atoms with Crippen LogP contribution in [-0.4, -0.2) is 21.2 Å². The molecule has 288 valence electrons. The predicted octanol–water partition coefficient (Wildman–Crippen LogP) is 14.4. The molecule has 1 aliphatic carbocycles. The third kappa shape index (κ3) is 9.19. The highest BCUT2D eigenvalue weighted by Gasteiger charge is 2.20. The molecular weight excluding hydrogens is 705 g/mol. The second-order valence-electron chi connectivity index (χ2n) is 14.9. The van der Waals surface area contributed by atoms with Crippen LogP contribution in [0.5, 0.6) is 0 Å². The van der Waals surface area contributed by atoms with Crippen molar-refractivity contribution in [1.29, 1.82) is 0 Å². The summed E-state index contributed by atoms with van der Waals surface area (Å²) >= 11 is 0. The van der Waals surface area contributed by atoms with Gasteiger partial charge in [-0.2, -0.15) is 0 Å². The lowest BCUT2D eigenvalue weighted by Gasteiger charge is -2.18. The van der Waals surface area contributed by atoms with Gasteiger partial charge in [0, 0.05) is 17.4 Å². The highest BCUT2D eigenvalue weighted by molar-refractivity contribution is 6.10.